The van der Waals surface area contributed by atoms with Crippen LogP contribution in [0.1, 0.15) is 297 Å². The van der Waals surface area contributed by atoms with Crippen molar-refractivity contribution in [1.29, 1.82) is 0 Å². The van der Waals surface area contributed by atoms with Gasteiger partial charge in [-0.3, -0.25) is 14.4 Å². The number of esters is 3. The van der Waals surface area contributed by atoms with E-state index in [-0.39, 0.29) is 31.1 Å². The molecule has 0 aliphatic carbocycles. The van der Waals surface area contributed by atoms with Crippen molar-refractivity contribution in [3.8, 4) is 0 Å². The Kier molecular flexibility index (Phi) is 61.8. The van der Waals surface area contributed by atoms with Crippen LogP contribution < -0.4 is 0 Å². The van der Waals surface area contributed by atoms with E-state index in [1.54, 1.807) is 0 Å². The minimum Gasteiger partial charge on any atom is -0.462 e. The summed E-state index contributed by atoms with van der Waals surface area (Å²) in [6, 6.07) is 0. The van der Waals surface area contributed by atoms with Crippen LogP contribution in [-0.4, -0.2) is 37.2 Å². The molecule has 0 aromatic rings. The molecule has 78 heavy (non-hydrogen) atoms. The number of rotatable bonds is 58. The molecule has 0 aliphatic rings. The van der Waals surface area contributed by atoms with Gasteiger partial charge in [-0.25, -0.2) is 0 Å². The first-order valence-electron chi connectivity index (χ1n) is 32.5. The number of allylic oxidation sites excluding steroid dienone is 20. The first kappa shape index (κ1) is 73.8. The molecule has 0 fully saturated rings. The molecule has 0 radical (unpaired) electrons. The van der Waals surface area contributed by atoms with E-state index in [2.05, 4.69) is 142 Å². The van der Waals surface area contributed by atoms with Crippen molar-refractivity contribution in [3.63, 3.8) is 0 Å². The van der Waals surface area contributed by atoms with Crippen molar-refractivity contribution in [2.75, 3.05) is 13.2 Å². The molecule has 0 spiro atoms. The maximum Gasteiger partial charge on any atom is 0.306 e. The highest BCUT2D eigenvalue weighted by atomic mass is 16.6. The summed E-state index contributed by atoms with van der Waals surface area (Å²) < 4.78 is 16.9. The number of ether oxygens (including phenoxy) is 3. The van der Waals surface area contributed by atoms with Crippen LogP contribution in [0.2, 0.25) is 0 Å². The molecule has 1 unspecified atom stereocenters. The molecular formula is C72H120O6. The number of carbonyl (C=O) groups excluding carboxylic acids is 3. The zero-order valence-corrected chi connectivity index (χ0v) is 50.9. The fourth-order valence-electron chi connectivity index (χ4n) is 8.80. The van der Waals surface area contributed by atoms with Crippen molar-refractivity contribution in [1.82, 2.24) is 0 Å². The molecule has 0 aliphatic heterocycles. The predicted octanol–water partition coefficient (Wildman–Crippen LogP) is 22.4. The third-order valence-electron chi connectivity index (χ3n) is 13.7. The van der Waals surface area contributed by atoms with Crippen LogP contribution in [0.15, 0.2) is 122 Å². The molecule has 444 valence electrons. The molecule has 0 rings (SSSR count). The lowest BCUT2D eigenvalue weighted by Gasteiger charge is -2.18. The molecule has 0 amide bonds. The first-order chi connectivity index (χ1) is 38.5. The maximum absolute atomic E-state index is 12.9. The third kappa shape index (κ3) is 62.7. The van der Waals surface area contributed by atoms with Gasteiger partial charge >= 0.3 is 17.9 Å². The van der Waals surface area contributed by atoms with Gasteiger partial charge in [-0.1, -0.05) is 264 Å². The third-order valence-corrected chi connectivity index (χ3v) is 13.7. The van der Waals surface area contributed by atoms with Crippen LogP contribution >= 0.6 is 0 Å². The Morgan fingerprint density at radius 3 is 0.821 bits per heavy atom. The van der Waals surface area contributed by atoms with Gasteiger partial charge in [-0.2, -0.15) is 0 Å². The predicted molar refractivity (Wildman–Crippen MR) is 339 cm³/mol. The monoisotopic (exact) mass is 1080 g/mol. The van der Waals surface area contributed by atoms with E-state index in [4.69, 9.17) is 14.2 Å². The number of hydrogen-bond donors (Lipinski definition) is 0. The average molecular weight is 1080 g/mol. The highest BCUT2D eigenvalue weighted by molar-refractivity contribution is 5.71. The second-order valence-electron chi connectivity index (χ2n) is 21.3. The van der Waals surface area contributed by atoms with Crippen molar-refractivity contribution in [2.24, 2.45) is 0 Å². The van der Waals surface area contributed by atoms with Crippen molar-refractivity contribution in [3.05, 3.63) is 122 Å². The summed E-state index contributed by atoms with van der Waals surface area (Å²) in [6.07, 6.45) is 90.6. The first-order valence-corrected chi connectivity index (χ1v) is 32.5. The fraction of sp³-hybridized carbons (Fsp3) is 0.681. The highest BCUT2D eigenvalue weighted by Gasteiger charge is 2.19. The van der Waals surface area contributed by atoms with Gasteiger partial charge in [0.1, 0.15) is 13.2 Å². The molecule has 6 nitrogen and oxygen atoms in total. The van der Waals surface area contributed by atoms with E-state index in [1.165, 1.54) is 122 Å². The molecule has 0 heterocycles. The Labute approximate surface area is 482 Å². The molecular weight excluding hydrogens is 961 g/mol. The van der Waals surface area contributed by atoms with Gasteiger partial charge in [-0.05, 0) is 135 Å². The van der Waals surface area contributed by atoms with E-state index >= 15 is 0 Å². The van der Waals surface area contributed by atoms with Crippen molar-refractivity contribution in [2.45, 2.75) is 303 Å². The quantitative estimate of drug-likeness (QED) is 0.0261. The van der Waals surface area contributed by atoms with E-state index in [0.29, 0.717) is 19.3 Å². The molecule has 0 aromatic heterocycles. The Morgan fingerprint density at radius 1 is 0.269 bits per heavy atom. The lowest BCUT2D eigenvalue weighted by molar-refractivity contribution is -0.167. The highest BCUT2D eigenvalue weighted by Crippen LogP contribution is 2.15. The maximum atomic E-state index is 12.9. The van der Waals surface area contributed by atoms with Crippen LogP contribution in [0.25, 0.3) is 0 Å². The van der Waals surface area contributed by atoms with E-state index in [1.807, 2.05) is 0 Å². The zero-order chi connectivity index (χ0) is 56.4. The van der Waals surface area contributed by atoms with Crippen LogP contribution in [0.4, 0.5) is 0 Å². The molecule has 0 aromatic carbocycles. The number of carbonyl (C=O) groups is 3. The lowest BCUT2D eigenvalue weighted by Crippen LogP contribution is -2.30. The molecule has 6 heteroatoms. The second-order valence-corrected chi connectivity index (χ2v) is 21.3. The minimum absolute atomic E-state index is 0.0953. The topological polar surface area (TPSA) is 78.9 Å². The van der Waals surface area contributed by atoms with Gasteiger partial charge in [0.25, 0.3) is 0 Å². The Balaban J connectivity index is 4.38. The second kappa shape index (κ2) is 65.3. The van der Waals surface area contributed by atoms with Gasteiger partial charge in [0, 0.05) is 19.3 Å². The smallest absolute Gasteiger partial charge is 0.306 e. The van der Waals surface area contributed by atoms with E-state index in [0.717, 1.165) is 135 Å². The molecule has 0 bridgehead atoms. The standard InChI is InChI=1S/C72H120O6/c1-4-7-10-13-16-19-22-25-27-29-31-33-35-36-38-39-41-43-45-47-50-53-56-59-62-65-71(74)77-68-69(67-76-70(73)64-61-58-55-52-49-24-21-18-15-12-9-6-3)78-72(75)66-63-60-57-54-51-48-46-44-42-40-37-34-32-30-28-26-23-20-17-14-11-8-5-2/h8,11,17-18,20-22,25-26,28-29,31-32,34-36,40,42,46,48,69H,4-7,9-10,12-16,19,23-24,27,30,33,37-39,41,43-45,47,49-68H2,1-3H3/b11-8-,20-17-,21-18-,25-22-,28-26-,31-29-,34-32-,36-35-,42-40-,48-46-. The minimum atomic E-state index is -0.801. The average Bonchev–Trinajstić information content (AvgIpc) is 3.44. The van der Waals surface area contributed by atoms with E-state index < -0.39 is 6.10 Å². The van der Waals surface area contributed by atoms with Gasteiger partial charge in [0.2, 0.25) is 0 Å². The number of hydrogen-bond acceptors (Lipinski definition) is 6. The van der Waals surface area contributed by atoms with Crippen LogP contribution in [0.3, 0.4) is 0 Å². The Hall–Kier alpha value is -4.19. The fourth-order valence-corrected chi connectivity index (χ4v) is 8.80. The van der Waals surface area contributed by atoms with Crippen LogP contribution in [0, 0.1) is 0 Å². The van der Waals surface area contributed by atoms with Gasteiger partial charge in [-0.15, -0.1) is 0 Å². The zero-order valence-electron chi connectivity index (χ0n) is 50.9. The van der Waals surface area contributed by atoms with Gasteiger partial charge in [0.05, 0.1) is 0 Å². The molecule has 1 atom stereocenters. The molecule has 0 saturated heterocycles. The largest absolute Gasteiger partial charge is 0.462 e. The summed E-state index contributed by atoms with van der Waals surface area (Å²) in [5.74, 6) is -0.929. The van der Waals surface area contributed by atoms with E-state index in [9.17, 15) is 14.4 Å². The summed E-state index contributed by atoms with van der Waals surface area (Å²) in [4.78, 5) is 38.3. The van der Waals surface area contributed by atoms with Crippen LogP contribution in [-0.2, 0) is 28.6 Å². The van der Waals surface area contributed by atoms with Crippen molar-refractivity contribution < 1.29 is 28.6 Å². The Bertz CT molecular complexity index is 1620. The summed E-state index contributed by atoms with van der Waals surface area (Å²) >= 11 is 0. The lowest BCUT2D eigenvalue weighted by atomic mass is 10.1. The molecule has 0 N–H and O–H groups in total. The SMILES string of the molecule is CC/C=C\C/C=C\C/C=C\C/C=C\C/C=C\C/C=C\CCCCCCC(=O)OC(COC(=O)CCCCCCC/C=C\CCCCC)COC(=O)CCCCCCCCCCCC/C=C\C/C=C\C/C=C\CCCCCCC. The summed E-state index contributed by atoms with van der Waals surface area (Å²) in [5, 5.41) is 0. The van der Waals surface area contributed by atoms with Gasteiger partial charge < -0.3 is 14.2 Å². The molecule has 0 saturated carbocycles. The van der Waals surface area contributed by atoms with Crippen LogP contribution in [0.5, 0.6) is 0 Å². The summed E-state index contributed by atoms with van der Waals surface area (Å²) in [5.41, 5.74) is 0. The summed E-state index contributed by atoms with van der Waals surface area (Å²) in [7, 11) is 0. The van der Waals surface area contributed by atoms with Gasteiger partial charge in [0.15, 0.2) is 6.10 Å². The normalized spacial score (nSPS) is 12.9. The van der Waals surface area contributed by atoms with Crippen molar-refractivity contribution >= 4 is 17.9 Å². The number of unbranched alkanes of at least 4 members (excludes halogenated alkanes) is 27. The Morgan fingerprint density at radius 2 is 0.500 bits per heavy atom. The summed E-state index contributed by atoms with van der Waals surface area (Å²) in [6.45, 7) is 6.47.